The Balaban J connectivity index is 1.50. The lowest BCUT2D eigenvalue weighted by Gasteiger charge is -2.38. The summed E-state index contributed by atoms with van der Waals surface area (Å²) in [4.78, 5) is 28.0. The molecule has 1 aromatic rings. The maximum Gasteiger partial charge on any atom is 0.319 e. The lowest BCUT2D eigenvalue weighted by atomic mass is 9.90. The van der Waals surface area contributed by atoms with Gasteiger partial charge in [-0.1, -0.05) is 6.07 Å². The summed E-state index contributed by atoms with van der Waals surface area (Å²) < 4.78 is 19.4. The quantitative estimate of drug-likeness (QED) is 0.894. The number of nitrogens with zero attached hydrogens (tertiary/aromatic N) is 2. The molecule has 1 atom stereocenters. The highest BCUT2D eigenvalue weighted by molar-refractivity contribution is 5.87. The van der Waals surface area contributed by atoms with Gasteiger partial charge in [-0.25, -0.2) is 9.18 Å². The SMILES string of the molecule is CC1(C)CC(NC(=O)N2CC(=O)N(C3CC3)C2)c2ccc(F)cc2O1. The summed E-state index contributed by atoms with van der Waals surface area (Å²) in [6.07, 6.45) is 2.62. The van der Waals surface area contributed by atoms with Crippen LogP contribution in [0.4, 0.5) is 9.18 Å². The van der Waals surface area contributed by atoms with E-state index in [1.54, 1.807) is 11.0 Å². The maximum absolute atomic E-state index is 13.5. The van der Waals surface area contributed by atoms with Crippen LogP contribution in [0, 0.1) is 5.82 Å². The second-order valence-corrected chi connectivity index (χ2v) is 7.68. The second kappa shape index (κ2) is 5.61. The first-order chi connectivity index (χ1) is 11.8. The van der Waals surface area contributed by atoms with Crippen molar-refractivity contribution in [2.24, 2.45) is 0 Å². The molecule has 1 aliphatic carbocycles. The van der Waals surface area contributed by atoms with E-state index in [2.05, 4.69) is 5.32 Å². The topological polar surface area (TPSA) is 61.9 Å². The first kappa shape index (κ1) is 16.2. The van der Waals surface area contributed by atoms with Gasteiger partial charge in [-0.15, -0.1) is 0 Å². The Morgan fingerprint density at radius 3 is 2.84 bits per heavy atom. The minimum atomic E-state index is -0.514. The minimum absolute atomic E-state index is 0.00688. The molecule has 2 aliphatic heterocycles. The van der Waals surface area contributed by atoms with E-state index in [0.29, 0.717) is 24.9 Å². The number of urea groups is 1. The summed E-state index contributed by atoms with van der Waals surface area (Å²) in [6.45, 7) is 4.28. The number of carbonyl (C=O) groups is 2. The fourth-order valence-corrected chi connectivity index (χ4v) is 3.60. The van der Waals surface area contributed by atoms with Crippen LogP contribution >= 0.6 is 0 Å². The Labute approximate surface area is 145 Å². The van der Waals surface area contributed by atoms with E-state index >= 15 is 0 Å². The van der Waals surface area contributed by atoms with Gasteiger partial charge in [0.25, 0.3) is 0 Å². The van der Waals surface area contributed by atoms with Crippen LogP contribution in [0.1, 0.15) is 44.7 Å². The molecular formula is C18H22FN3O3. The zero-order valence-corrected chi connectivity index (χ0v) is 14.4. The molecule has 2 heterocycles. The average molecular weight is 347 g/mol. The molecule has 0 radical (unpaired) electrons. The predicted molar refractivity (Wildman–Crippen MR) is 88.4 cm³/mol. The van der Waals surface area contributed by atoms with Crippen LogP contribution in [0.2, 0.25) is 0 Å². The molecule has 1 N–H and O–H groups in total. The van der Waals surface area contributed by atoms with E-state index in [0.717, 1.165) is 18.4 Å². The maximum atomic E-state index is 13.5. The van der Waals surface area contributed by atoms with Crippen LogP contribution in [0.15, 0.2) is 18.2 Å². The lowest BCUT2D eigenvalue weighted by molar-refractivity contribution is -0.127. The Morgan fingerprint density at radius 2 is 2.12 bits per heavy atom. The van der Waals surface area contributed by atoms with Crippen LogP contribution in [0.25, 0.3) is 0 Å². The van der Waals surface area contributed by atoms with Crippen molar-refractivity contribution in [3.05, 3.63) is 29.6 Å². The number of benzene rings is 1. The molecule has 1 aromatic carbocycles. The summed E-state index contributed by atoms with van der Waals surface area (Å²) in [5, 5.41) is 3.00. The summed E-state index contributed by atoms with van der Waals surface area (Å²) in [5.41, 5.74) is 0.248. The summed E-state index contributed by atoms with van der Waals surface area (Å²) in [5.74, 6) is 0.0952. The number of fused-ring (bicyclic) bond motifs is 1. The van der Waals surface area contributed by atoms with Gasteiger partial charge in [-0.2, -0.15) is 0 Å². The van der Waals surface area contributed by atoms with Crippen molar-refractivity contribution >= 4 is 11.9 Å². The number of hydrogen-bond acceptors (Lipinski definition) is 3. The van der Waals surface area contributed by atoms with Gasteiger partial charge in [-0.05, 0) is 32.8 Å². The highest BCUT2D eigenvalue weighted by Gasteiger charge is 2.41. The lowest BCUT2D eigenvalue weighted by Crippen LogP contribution is -2.46. The molecule has 3 aliphatic rings. The van der Waals surface area contributed by atoms with E-state index in [1.807, 2.05) is 13.8 Å². The van der Waals surface area contributed by atoms with Gasteiger partial charge in [0, 0.05) is 24.1 Å². The molecule has 3 amide bonds. The summed E-state index contributed by atoms with van der Waals surface area (Å²) in [6, 6.07) is 4.12. The van der Waals surface area contributed by atoms with Crippen molar-refractivity contribution < 1.29 is 18.7 Å². The first-order valence-corrected chi connectivity index (χ1v) is 8.66. The third kappa shape index (κ3) is 3.15. The van der Waals surface area contributed by atoms with Crippen LogP contribution in [0.3, 0.4) is 0 Å². The minimum Gasteiger partial charge on any atom is -0.487 e. The molecule has 0 bridgehead atoms. The highest BCUT2D eigenvalue weighted by Crippen LogP contribution is 2.40. The number of nitrogens with one attached hydrogen (secondary N) is 1. The number of halogens is 1. The van der Waals surface area contributed by atoms with Crippen molar-refractivity contribution in [1.82, 2.24) is 15.1 Å². The van der Waals surface area contributed by atoms with Gasteiger partial charge < -0.3 is 15.0 Å². The normalized spacial score (nSPS) is 24.8. The van der Waals surface area contributed by atoms with Gasteiger partial charge in [0.2, 0.25) is 5.91 Å². The standard InChI is InChI=1S/C18H22FN3O3/c1-18(2)8-14(13-6-3-11(19)7-15(13)25-18)20-17(24)21-9-16(23)22(10-21)12-4-5-12/h3,6-7,12,14H,4-5,8-10H2,1-2H3,(H,20,24). The summed E-state index contributed by atoms with van der Waals surface area (Å²) >= 11 is 0. The molecule has 1 saturated heterocycles. The van der Waals surface area contributed by atoms with Crippen molar-refractivity contribution in [3.8, 4) is 5.75 Å². The first-order valence-electron chi connectivity index (χ1n) is 8.66. The average Bonchev–Trinajstić information content (AvgIpc) is 3.28. The summed E-state index contributed by atoms with van der Waals surface area (Å²) in [7, 11) is 0. The molecule has 4 rings (SSSR count). The number of ether oxygens (including phenoxy) is 1. The third-order valence-corrected chi connectivity index (χ3v) is 4.98. The van der Waals surface area contributed by atoms with Gasteiger partial charge in [0.1, 0.15) is 23.7 Å². The van der Waals surface area contributed by atoms with Crippen LogP contribution in [-0.2, 0) is 4.79 Å². The molecule has 25 heavy (non-hydrogen) atoms. The van der Waals surface area contributed by atoms with Crippen molar-refractivity contribution in [2.75, 3.05) is 13.2 Å². The van der Waals surface area contributed by atoms with Crippen LogP contribution in [-0.4, -0.2) is 46.6 Å². The van der Waals surface area contributed by atoms with Crippen LogP contribution in [0.5, 0.6) is 5.75 Å². The zero-order valence-electron chi connectivity index (χ0n) is 14.4. The molecule has 0 spiro atoms. The zero-order chi connectivity index (χ0) is 17.8. The number of amides is 3. The van der Waals surface area contributed by atoms with Gasteiger partial charge >= 0.3 is 6.03 Å². The van der Waals surface area contributed by atoms with E-state index in [9.17, 15) is 14.0 Å². The van der Waals surface area contributed by atoms with Crippen molar-refractivity contribution in [3.63, 3.8) is 0 Å². The smallest absolute Gasteiger partial charge is 0.319 e. The van der Waals surface area contributed by atoms with E-state index in [-0.39, 0.29) is 30.3 Å². The number of hydrogen-bond donors (Lipinski definition) is 1. The fourth-order valence-electron chi connectivity index (χ4n) is 3.60. The monoisotopic (exact) mass is 347 g/mol. The van der Waals surface area contributed by atoms with Crippen molar-refractivity contribution in [2.45, 2.75) is 50.8 Å². The predicted octanol–water partition coefficient (Wildman–Crippen LogP) is 2.40. The Bertz CT molecular complexity index is 732. The molecule has 2 fully saturated rings. The molecule has 1 saturated carbocycles. The molecule has 134 valence electrons. The van der Waals surface area contributed by atoms with Gasteiger partial charge in [-0.3, -0.25) is 9.69 Å². The molecule has 0 aromatic heterocycles. The second-order valence-electron chi connectivity index (χ2n) is 7.68. The fraction of sp³-hybridized carbons (Fsp3) is 0.556. The molecular weight excluding hydrogens is 325 g/mol. The highest BCUT2D eigenvalue weighted by atomic mass is 19.1. The molecule has 1 unspecified atom stereocenters. The van der Waals surface area contributed by atoms with Gasteiger partial charge in [0.05, 0.1) is 12.7 Å². The van der Waals surface area contributed by atoms with Crippen LogP contribution < -0.4 is 10.1 Å². The Kier molecular flexibility index (Phi) is 3.63. The number of rotatable bonds is 2. The van der Waals surface area contributed by atoms with E-state index in [4.69, 9.17) is 4.74 Å². The molecule has 6 nitrogen and oxygen atoms in total. The third-order valence-electron chi connectivity index (χ3n) is 4.98. The molecule has 7 heteroatoms. The number of carbonyl (C=O) groups excluding carboxylic acids is 2. The van der Waals surface area contributed by atoms with E-state index < -0.39 is 5.60 Å². The van der Waals surface area contributed by atoms with Gasteiger partial charge in [0.15, 0.2) is 0 Å². The Morgan fingerprint density at radius 1 is 1.36 bits per heavy atom. The van der Waals surface area contributed by atoms with E-state index in [1.165, 1.54) is 17.0 Å². The largest absolute Gasteiger partial charge is 0.487 e. The van der Waals surface area contributed by atoms with Crippen molar-refractivity contribution in [1.29, 1.82) is 0 Å². The Hall–Kier alpha value is -2.31.